The normalized spacial score (nSPS) is 18.9. The zero-order valence-corrected chi connectivity index (χ0v) is 18.3. The number of carboxylic acids is 1. The summed E-state index contributed by atoms with van der Waals surface area (Å²) in [4.78, 5) is 38.3. The molecule has 3 aromatic rings. The van der Waals surface area contributed by atoms with Crippen molar-refractivity contribution in [1.29, 1.82) is 0 Å². The molecule has 0 bridgehead atoms. The highest BCUT2D eigenvalue weighted by molar-refractivity contribution is 6.01. The number of anilines is 1. The summed E-state index contributed by atoms with van der Waals surface area (Å²) < 4.78 is 10.1. The molecule has 0 radical (unpaired) electrons. The monoisotopic (exact) mass is 462 g/mol. The summed E-state index contributed by atoms with van der Waals surface area (Å²) in [6, 6.07) is 14.9. The largest absolute Gasteiger partial charge is 0.480 e. The Morgan fingerprint density at radius 1 is 1.09 bits per heavy atom. The second kappa shape index (κ2) is 8.62. The van der Waals surface area contributed by atoms with Crippen LogP contribution in [0.5, 0.6) is 0 Å². The van der Waals surface area contributed by atoms with Gasteiger partial charge in [-0.15, -0.1) is 0 Å². The number of nitrogens with one attached hydrogen (secondary N) is 1. The van der Waals surface area contributed by atoms with E-state index in [1.807, 2.05) is 48.5 Å². The van der Waals surface area contributed by atoms with Crippen LogP contribution in [-0.2, 0) is 9.53 Å². The Labute approximate surface area is 194 Å². The Balaban J connectivity index is 1.28. The van der Waals surface area contributed by atoms with Crippen LogP contribution in [0.1, 0.15) is 40.9 Å². The van der Waals surface area contributed by atoms with Gasteiger partial charge in [-0.3, -0.25) is 10.1 Å². The van der Waals surface area contributed by atoms with E-state index in [1.54, 1.807) is 6.92 Å². The van der Waals surface area contributed by atoms with Gasteiger partial charge in [0.15, 0.2) is 0 Å². The fourth-order valence-corrected chi connectivity index (χ4v) is 4.83. The molecule has 2 aliphatic rings. The molecule has 2 atom stereocenters. The van der Waals surface area contributed by atoms with Gasteiger partial charge in [0, 0.05) is 12.5 Å². The zero-order valence-electron chi connectivity index (χ0n) is 18.3. The van der Waals surface area contributed by atoms with Crippen LogP contribution in [0.15, 0.2) is 53.2 Å². The first-order valence-corrected chi connectivity index (χ1v) is 10.9. The third-order valence-electron chi connectivity index (χ3n) is 6.47. The molecular formula is C24H22N4O6. The van der Waals surface area contributed by atoms with E-state index in [-0.39, 0.29) is 36.5 Å². The van der Waals surface area contributed by atoms with Crippen molar-refractivity contribution in [3.05, 3.63) is 65.4 Å². The van der Waals surface area contributed by atoms with Gasteiger partial charge in [-0.1, -0.05) is 55.5 Å². The lowest BCUT2D eigenvalue weighted by Gasteiger charge is -2.22. The molecule has 10 nitrogen and oxygen atoms in total. The van der Waals surface area contributed by atoms with E-state index in [2.05, 4.69) is 20.3 Å². The van der Waals surface area contributed by atoms with E-state index in [4.69, 9.17) is 4.74 Å². The third kappa shape index (κ3) is 3.66. The number of nitrogens with zero attached hydrogens (tertiary/aromatic N) is 3. The molecule has 1 aliphatic heterocycles. The average Bonchev–Trinajstić information content (AvgIpc) is 3.53. The Kier molecular flexibility index (Phi) is 5.48. The summed E-state index contributed by atoms with van der Waals surface area (Å²) in [5, 5.41) is 19.1. The van der Waals surface area contributed by atoms with Gasteiger partial charge in [-0.05, 0) is 44.9 Å². The molecule has 1 saturated heterocycles. The molecule has 1 aliphatic carbocycles. The molecule has 2 unspecified atom stereocenters. The lowest BCUT2D eigenvalue weighted by atomic mass is 9.98. The average molecular weight is 462 g/mol. The second-order valence-corrected chi connectivity index (χ2v) is 8.46. The van der Waals surface area contributed by atoms with Gasteiger partial charge in [-0.25, -0.2) is 14.2 Å². The van der Waals surface area contributed by atoms with Gasteiger partial charge in [0.1, 0.15) is 12.6 Å². The Morgan fingerprint density at radius 3 is 2.38 bits per heavy atom. The van der Waals surface area contributed by atoms with Gasteiger partial charge in [0.25, 0.3) is 5.91 Å². The standard InChI is InChI=1S/C24H22N4O6/c1-13-10-11-28(20(13)23(30)31)22(29)19-21(27-34-26-19)25-24(32)33-12-18-16-8-4-2-6-14(16)15-7-3-5-9-17(15)18/h2-9,13,18,20H,10-12H2,1H3,(H,30,31)(H,25,27,32). The molecule has 5 rings (SSSR count). The summed E-state index contributed by atoms with van der Waals surface area (Å²) in [6.07, 6.45) is -0.278. The van der Waals surface area contributed by atoms with Crippen molar-refractivity contribution in [3.63, 3.8) is 0 Å². The number of aromatic nitrogens is 2. The summed E-state index contributed by atoms with van der Waals surface area (Å²) >= 11 is 0. The van der Waals surface area contributed by atoms with E-state index in [1.165, 1.54) is 4.90 Å². The molecule has 2 aromatic carbocycles. The van der Waals surface area contributed by atoms with Crippen molar-refractivity contribution >= 4 is 23.8 Å². The smallest absolute Gasteiger partial charge is 0.412 e. The molecule has 1 aromatic heterocycles. The summed E-state index contributed by atoms with van der Waals surface area (Å²) in [5.74, 6) is -2.32. The van der Waals surface area contributed by atoms with Gasteiger partial charge in [-0.2, -0.15) is 0 Å². The zero-order chi connectivity index (χ0) is 23.8. The molecule has 0 spiro atoms. The summed E-state index contributed by atoms with van der Waals surface area (Å²) in [5.41, 5.74) is 4.08. The number of likely N-dealkylation sites (tertiary alicyclic amines) is 1. The third-order valence-corrected chi connectivity index (χ3v) is 6.47. The highest BCUT2D eigenvalue weighted by atomic mass is 16.6. The predicted molar refractivity (Wildman–Crippen MR) is 119 cm³/mol. The number of hydrogen-bond acceptors (Lipinski definition) is 7. The number of amides is 2. The van der Waals surface area contributed by atoms with E-state index < -0.39 is 24.0 Å². The van der Waals surface area contributed by atoms with Crippen molar-refractivity contribution in [2.45, 2.75) is 25.3 Å². The van der Waals surface area contributed by atoms with Crippen LogP contribution in [0.25, 0.3) is 11.1 Å². The first-order chi connectivity index (χ1) is 16.5. The van der Waals surface area contributed by atoms with Crippen molar-refractivity contribution in [3.8, 4) is 11.1 Å². The van der Waals surface area contributed by atoms with Crippen LogP contribution in [0.3, 0.4) is 0 Å². The molecule has 2 heterocycles. The van der Waals surface area contributed by atoms with Gasteiger partial charge < -0.3 is 14.7 Å². The molecule has 0 saturated carbocycles. The molecule has 34 heavy (non-hydrogen) atoms. The fourth-order valence-electron chi connectivity index (χ4n) is 4.83. The van der Waals surface area contributed by atoms with Crippen LogP contribution >= 0.6 is 0 Å². The predicted octanol–water partition coefficient (Wildman–Crippen LogP) is 3.37. The number of ether oxygens (including phenoxy) is 1. The minimum atomic E-state index is -1.10. The van der Waals surface area contributed by atoms with Crippen molar-refractivity contribution in [2.24, 2.45) is 5.92 Å². The summed E-state index contributed by atoms with van der Waals surface area (Å²) in [7, 11) is 0. The maximum atomic E-state index is 12.9. The van der Waals surface area contributed by atoms with Gasteiger partial charge >= 0.3 is 12.1 Å². The first-order valence-electron chi connectivity index (χ1n) is 10.9. The second-order valence-electron chi connectivity index (χ2n) is 8.46. The van der Waals surface area contributed by atoms with Crippen LogP contribution in [0.2, 0.25) is 0 Å². The molecule has 1 fully saturated rings. The lowest BCUT2D eigenvalue weighted by molar-refractivity contribution is -0.142. The Morgan fingerprint density at radius 2 is 1.74 bits per heavy atom. The number of carbonyl (C=O) groups excluding carboxylic acids is 2. The van der Waals surface area contributed by atoms with Crippen LogP contribution < -0.4 is 5.32 Å². The fraction of sp³-hybridized carbons (Fsp3) is 0.292. The number of aliphatic carboxylic acids is 1. The van der Waals surface area contributed by atoms with Crippen LogP contribution in [-0.4, -0.2) is 57.5 Å². The SMILES string of the molecule is CC1CCN(C(=O)c2nonc2NC(=O)OCC2c3ccccc3-c3ccccc32)C1C(=O)O. The van der Waals surface area contributed by atoms with Crippen molar-refractivity contribution in [1.82, 2.24) is 15.2 Å². The lowest BCUT2D eigenvalue weighted by Crippen LogP contribution is -2.43. The van der Waals surface area contributed by atoms with E-state index in [0.717, 1.165) is 22.3 Å². The Bertz CT molecular complexity index is 1230. The maximum absolute atomic E-state index is 12.9. The maximum Gasteiger partial charge on any atom is 0.412 e. The van der Waals surface area contributed by atoms with E-state index >= 15 is 0 Å². The number of benzene rings is 2. The number of fused-ring (bicyclic) bond motifs is 3. The number of carboxylic acid groups (broad SMARTS) is 1. The van der Waals surface area contributed by atoms with Gasteiger partial charge in [0.2, 0.25) is 11.5 Å². The van der Waals surface area contributed by atoms with E-state index in [9.17, 15) is 19.5 Å². The minimum Gasteiger partial charge on any atom is -0.480 e. The molecule has 2 amide bonds. The number of carbonyl (C=O) groups is 3. The van der Waals surface area contributed by atoms with Crippen LogP contribution in [0, 0.1) is 5.92 Å². The van der Waals surface area contributed by atoms with Crippen molar-refractivity contribution in [2.75, 3.05) is 18.5 Å². The highest BCUT2D eigenvalue weighted by Crippen LogP contribution is 2.44. The highest BCUT2D eigenvalue weighted by Gasteiger charge is 2.41. The topological polar surface area (TPSA) is 135 Å². The van der Waals surface area contributed by atoms with Gasteiger partial charge in [0.05, 0.1) is 0 Å². The molecule has 10 heteroatoms. The van der Waals surface area contributed by atoms with Crippen LogP contribution in [0.4, 0.5) is 10.6 Å². The first kappa shape index (κ1) is 21.6. The summed E-state index contributed by atoms with van der Waals surface area (Å²) in [6.45, 7) is 2.11. The Hall–Kier alpha value is -4.21. The molecular weight excluding hydrogens is 440 g/mol. The molecule has 2 N–H and O–H groups in total. The quantitative estimate of drug-likeness (QED) is 0.589. The number of rotatable bonds is 5. The molecule has 174 valence electrons. The van der Waals surface area contributed by atoms with Crippen molar-refractivity contribution < 1.29 is 28.9 Å². The van der Waals surface area contributed by atoms with E-state index in [0.29, 0.717) is 6.42 Å². The minimum absolute atomic E-state index is 0.0825. The number of hydrogen-bond donors (Lipinski definition) is 2.